The number of carbonyl (C=O) groups excluding carboxylic acids is 2. The van der Waals surface area contributed by atoms with Gasteiger partial charge < -0.3 is 15.4 Å². The van der Waals surface area contributed by atoms with Gasteiger partial charge in [-0.15, -0.1) is 0 Å². The van der Waals surface area contributed by atoms with E-state index in [4.69, 9.17) is 10.5 Å². The van der Waals surface area contributed by atoms with Crippen LogP contribution in [0.1, 0.15) is 32.6 Å². The summed E-state index contributed by atoms with van der Waals surface area (Å²) in [6.07, 6.45) is 3.73. The third-order valence-electron chi connectivity index (χ3n) is 5.19. The summed E-state index contributed by atoms with van der Waals surface area (Å²) < 4.78 is 4.78. The van der Waals surface area contributed by atoms with Crippen molar-refractivity contribution in [2.75, 3.05) is 39.8 Å². The van der Waals surface area contributed by atoms with Crippen molar-refractivity contribution in [3.05, 3.63) is 0 Å². The summed E-state index contributed by atoms with van der Waals surface area (Å²) >= 11 is 0. The van der Waals surface area contributed by atoms with Crippen LogP contribution >= 0.6 is 0 Å². The predicted octanol–water partition coefficient (Wildman–Crippen LogP) is 0.457. The zero-order valence-corrected chi connectivity index (χ0v) is 13.8. The van der Waals surface area contributed by atoms with Gasteiger partial charge in [-0.1, -0.05) is 6.92 Å². The number of rotatable bonds is 4. The van der Waals surface area contributed by atoms with Crippen LogP contribution in [-0.2, 0) is 14.3 Å². The van der Waals surface area contributed by atoms with Crippen LogP contribution in [0.2, 0.25) is 0 Å². The third-order valence-corrected chi connectivity index (χ3v) is 5.19. The van der Waals surface area contributed by atoms with Crippen LogP contribution < -0.4 is 5.73 Å². The number of likely N-dealkylation sites (tertiary alicyclic amines) is 2. The van der Waals surface area contributed by atoms with Crippen LogP contribution in [0.15, 0.2) is 0 Å². The number of hydrogen-bond donors (Lipinski definition) is 1. The molecule has 1 amide bonds. The Morgan fingerprint density at radius 2 is 1.86 bits per heavy atom. The number of piperidine rings is 2. The number of amides is 1. The Hall–Kier alpha value is -1.14. The van der Waals surface area contributed by atoms with Crippen molar-refractivity contribution in [3.63, 3.8) is 0 Å². The molecule has 2 atom stereocenters. The summed E-state index contributed by atoms with van der Waals surface area (Å²) in [4.78, 5) is 28.2. The summed E-state index contributed by atoms with van der Waals surface area (Å²) in [5.41, 5.74) is 5.89. The first-order chi connectivity index (χ1) is 10.6. The lowest BCUT2D eigenvalue weighted by atomic mass is 9.90. The lowest BCUT2D eigenvalue weighted by Gasteiger charge is -2.40. The molecule has 2 aliphatic rings. The monoisotopic (exact) mass is 311 g/mol. The number of esters is 1. The zero-order valence-electron chi connectivity index (χ0n) is 13.8. The van der Waals surface area contributed by atoms with Gasteiger partial charge >= 0.3 is 5.97 Å². The average Bonchev–Trinajstić information content (AvgIpc) is 2.54. The van der Waals surface area contributed by atoms with E-state index in [2.05, 4.69) is 11.8 Å². The third kappa shape index (κ3) is 3.98. The number of nitrogens with two attached hydrogens (primary N) is 1. The number of methoxy groups -OCH3 is 1. The van der Waals surface area contributed by atoms with Gasteiger partial charge in [-0.3, -0.25) is 14.5 Å². The number of nitrogens with zero attached hydrogens (tertiary/aromatic N) is 2. The smallest absolute Gasteiger partial charge is 0.308 e. The average molecular weight is 311 g/mol. The second-order valence-corrected chi connectivity index (χ2v) is 6.57. The highest BCUT2D eigenvalue weighted by Crippen LogP contribution is 2.23. The van der Waals surface area contributed by atoms with Gasteiger partial charge in [0.25, 0.3) is 0 Å². The van der Waals surface area contributed by atoms with Gasteiger partial charge in [-0.2, -0.15) is 0 Å². The van der Waals surface area contributed by atoms with Gasteiger partial charge in [-0.05, 0) is 38.1 Å². The lowest BCUT2D eigenvalue weighted by Crippen LogP contribution is -2.53. The van der Waals surface area contributed by atoms with Gasteiger partial charge in [0, 0.05) is 25.7 Å². The highest BCUT2D eigenvalue weighted by molar-refractivity contribution is 5.79. The molecule has 2 heterocycles. The van der Waals surface area contributed by atoms with E-state index < -0.39 is 0 Å². The molecule has 0 saturated carbocycles. The first-order valence-corrected chi connectivity index (χ1v) is 8.36. The summed E-state index contributed by atoms with van der Waals surface area (Å²) in [5.74, 6) is 0.508. The molecule has 2 unspecified atom stereocenters. The molecule has 126 valence electrons. The fourth-order valence-corrected chi connectivity index (χ4v) is 3.72. The molecule has 2 fully saturated rings. The van der Waals surface area contributed by atoms with E-state index in [-0.39, 0.29) is 17.8 Å². The Morgan fingerprint density at radius 1 is 1.18 bits per heavy atom. The number of carbonyl (C=O) groups is 2. The maximum Gasteiger partial charge on any atom is 0.308 e. The Labute approximate surface area is 132 Å². The van der Waals surface area contributed by atoms with Crippen molar-refractivity contribution in [2.24, 2.45) is 17.6 Å². The zero-order chi connectivity index (χ0) is 16.1. The van der Waals surface area contributed by atoms with E-state index in [1.807, 2.05) is 4.90 Å². The van der Waals surface area contributed by atoms with E-state index in [1.54, 1.807) is 0 Å². The molecule has 0 aromatic rings. The van der Waals surface area contributed by atoms with Gasteiger partial charge in [0.15, 0.2) is 0 Å². The molecule has 2 N–H and O–H groups in total. The van der Waals surface area contributed by atoms with Crippen molar-refractivity contribution in [3.8, 4) is 0 Å². The molecule has 2 aliphatic heterocycles. The molecule has 2 saturated heterocycles. The minimum Gasteiger partial charge on any atom is -0.469 e. The summed E-state index contributed by atoms with van der Waals surface area (Å²) in [7, 11) is 1.42. The fourth-order valence-electron chi connectivity index (χ4n) is 3.72. The molecule has 6 nitrogen and oxygen atoms in total. The lowest BCUT2D eigenvalue weighted by molar-refractivity contribution is -0.149. The van der Waals surface area contributed by atoms with Gasteiger partial charge in [0.1, 0.15) is 0 Å². The predicted molar refractivity (Wildman–Crippen MR) is 84.1 cm³/mol. The SMILES string of the molecule is COC(=O)C1CCN(C(=O)CN2CCCC(C)C2CN)CC1. The van der Waals surface area contributed by atoms with Crippen molar-refractivity contribution in [1.82, 2.24) is 9.80 Å². The van der Waals surface area contributed by atoms with E-state index in [9.17, 15) is 9.59 Å². The second kappa shape index (κ2) is 7.92. The normalized spacial score (nSPS) is 27.7. The fraction of sp³-hybridized carbons (Fsp3) is 0.875. The largest absolute Gasteiger partial charge is 0.469 e. The van der Waals surface area contributed by atoms with Crippen molar-refractivity contribution in [1.29, 1.82) is 0 Å². The van der Waals surface area contributed by atoms with Gasteiger partial charge in [0.2, 0.25) is 5.91 Å². The van der Waals surface area contributed by atoms with Crippen LogP contribution in [0.25, 0.3) is 0 Å². The summed E-state index contributed by atoms with van der Waals surface area (Å²) in [6, 6.07) is 0.310. The van der Waals surface area contributed by atoms with E-state index in [0.717, 1.165) is 13.0 Å². The highest BCUT2D eigenvalue weighted by Gasteiger charge is 2.32. The maximum absolute atomic E-state index is 12.5. The topological polar surface area (TPSA) is 75.9 Å². The van der Waals surface area contributed by atoms with Crippen LogP contribution in [0.4, 0.5) is 0 Å². The molecule has 22 heavy (non-hydrogen) atoms. The van der Waals surface area contributed by atoms with Crippen LogP contribution in [0, 0.1) is 11.8 Å². The highest BCUT2D eigenvalue weighted by atomic mass is 16.5. The maximum atomic E-state index is 12.5. The molecule has 0 aliphatic carbocycles. The van der Waals surface area contributed by atoms with Crippen molar-refractivity contribution in [2.45, 2.75) is 38.6 Å². The summed E-state index contributed by atoms with van der Waals surface area (Å²) in [5, 5.41) is 0. The van der Waals surface area contributed by atoms with Crippen molar-refractivity contribution >= 4 is 11.9 Å². The Morgan fingerprint density at radius 3 is 2.45 bits per heavy atom. The van der Waals surface area contributed by atoms with Gasteiger partial charge in [0.05, 0.1) is 19.6 Å². The number of ether oxygens (including phenoxy) is 1. The van der Waals surface area contributed by atoms with E-state index in [0.29, 0.717) is 51.0 Å². The molecule has 0 spiro atoms. The molecule has 0 aromatic carbocycles. The Balaban J connectivity index is 1.84. The first kappa shape index (κ1) is 17.2. The van der Waals surface area contributed by atoms with Crippen LogP contribution in [-0.4, -0.2) is 67.6 Å². The molecular weight excluding hydrogens is 282 g/mol. The van der Waals surface area contributed by atoms with E-state index >= 15 is 0 Å². The molecule has 0 bridgehead atoms. The Kier molecular flexibility index (Phi) is 6.20. The number of hydrogen-bond acceptors (Lipinski definition) is 5. The minimum atomic E-state index is -0.153. The molecular formula is C16H29N3O3. The quantitative estimate of drug-likeness (QED) is 0.763. The van der Waals surface area contributed by atoms with Crippen LogP contribution in [0.3, 0.4) is 0 Å². The molecule has 0 radical (unpaired) electrons. The standard InChI is InChI=1S/C16H29N3O3/c1-12-4-3-7-19(14(12)10-17)11-15(20)18-8-5-13(6-9-18)16(21)22-2/h12-14H,3-11,17H2,1-2H3. The first-order valence-electron chi connectivity index (χ1n) is 8.36. The van der Waals surface area contributed by atoms with Crippen LogP contribution in [0.5, 0.6) is 0 Å². The molecule has 2 rings (SSSR count). The minimum absolute atomic E-state index is 0.0548. The molecule has 0 aromatic heterocycles. The second-order valence-electron chi connectivity index (χ2n) is 6.57. The van der Waals surface area contributed by atoms with Crippen molar-refractivity contribution < 1.29 is 14.3 Å². The van der Waals surface area contributed by atoms with Gasteiger partial charge in [-0.25, -0.2) is 0 Å². The van der Waals surface area contributed by atoms with E-state index in [1.165, 1.54) is 13.5 Å². The summed E-state index contributed by atoms with van der Waals surface area (Å²) in [6.45, 7) is 5.53. The molecule has 6 heteroatoms. The Bertz CT molecular complexity index is 394.